The minimum absolute atomic E-state index is 0.134. The molecule has 1 amide bonds. The van der Waals surface area contributed by atoms with E-state index in [4.69, 9.17) is 16.9 Å². The van der Waals surface area contributed by atoms with Crippen molar-refractivity contribution in [1.29, 1.82) is 5.26 Å². The third-order valence-electron chi connectivity index (χ3n) is 3.07. The average molecular weight is 264 g/mol. The molecule has 1 unspecified atom stereocenters. The van der Waals surface area contributed by atoms with Crippen LogP contribution in [0.3, 0.4) is 0 Å². The summed E-state index contributed by atoms with van der Waals surface area (Å²) >= 11 is 6.02. The number of nitrogens with zero attached hydrogens (tertiary/aromatic N) is 2. The van der Waals surface area contributed by atoms with E-state index in [9.17, 15) is 4.79 Å². The Balaban J connectivity index is 2.24. The van der Waals surface area contributed by atoms with Crippen molar-refractivity contribution in [3.8, 4) is 6.07 Å². The molecule has 0 spiro atoms. The zero-order chi connectivity index (χ0) is 13.1. The molecule has 1 saturated heterocycles. The number of benzene rings is 1. The van der Waals surface area contributed by atoms with Gasteiger partial charge in [0, 0.05) is 30.2 Å². The van der Waals surface area contributed by atoms with Crippen molar-refractivity contribution in [2.75, 3.05) is 19.6 Å². The van der Waals surface area contributed by atoms with Crippen LogP contribution in [0, 0.1) is 18.3 Å². The molecule has 1 N–H and O–H groups in total. The number of halogens is 1. The summed E-state index contributed by atoms with van der Waals surface area (Å²) in [6, 6.07) is 6.96. The number of amides is 1. The summed E-state index contributed by atoms with van der Waals surface area (Å²) < 4.78 is 0. The zero-order valence-electron chi connectivity index (χ0n) is 10.1. The standard InChI is InChI=1S/C13H14ClN3O/c1-9-2-3-10(6-12(9)14)13(18)17-5-4-16-8-11(17)7-15/h2-3,6,11,16H,4-5,8H2,1H3. The molecule has 1 aliphatic rings. The van der Waals surface area contributed by atoms with Gasteiger partial charge in [-0.05, 0) is 24.6 Å². The van der Waals surface area contributed by atoms with Gasteiger partial charge in [-0.2, -0.15) is 5.26 Å². The molecule has 1 aromatic rings. The van der Waals surface area contributed by atoms with Crippen LogP contribution in [0.5, 0.6) is 0 Å². The lowest BCUT2D eigenvalue weighted by molar-refractivity contribution is 0.0687. The summed E-state index contributed by atoms with van der Waals surface area (Å²) in [5.41, 5.74) is 1.47. The molecule has 2 rings (SSSR count). The van der Waals surface area contributed by atoms with Gasteiger partial charge in [0.2, 0.25) is 0 Å². The molecule has 1 atom stereocenters. The molecule has 1 aliphatic heterocycles. The van der Waals surface area contributed by atoms with E-state index in [0.717, 1.165) is 5.56 Å². The highest BCUT2D eigenvalue weighted by Gasteiger charge is 2.27. The van der Waals surface area contributed by atoms with Crippen LogP contribution in [-0.2, 0) is 0 Å². The molecular weight excluding hydrogens is 250 g/mol. The van der Waals surface area contributed by atoms with Crippen LogP contribution in [0.25, 0.3) is 0 Å². The van der Waals surface area contributed by atoms with E-state index in [-0.39, 0.29) is 5.91 Å². The Morgan fingerprint density at radius 3 is 3.06 bits per heavy atom. The second-order valence-electron chi connectivity index (χ2n) is 4.31. The number of aryl methyl sites for hydroxylation is 1. The van der Waals surface area contributed by atoms with Crippen LogP contribution >= 0.6 is 11.6 Å². The highest BCUT2D eigenvalue weighted by atomic mass is 35.5. The molecule has 0 aromatic heterocycles. The van der Waals surface area contributed by atoms with Gasteiger partial charge in [0.05, 0.1) is 6.07 Å². The van der Waals surface area contributed by atoms with Crippen LogP contribution < -0.4 is 5.32 Å². The van der Waals surface area contributed by atoms with Crippen LogP contribution in [-0.4, -0.2) is 36.5 Å². The number of nitrogens with one attached hydrogen (secondary N) is 1. The molecule has 0 bridgehead atoms. The Morgan fingerprint density at radius 1 is 1.61 bits per heavy atom. The van der Waals surface area contributed by atoms with E-state index >= 15 is 0 Å². The molecule has 0 aliphatic carbocycles. The van der Waals surface area contributed by atoms with Crippen LogP contribution in [0.4, 0.5) is 0 Å². The van der Waals surface area contributed by atoms with Crippen molar-refractivity contribution in [2.24, 2.45) is 0 Å². The Kier molecular flexibility index (Phi) is 3.85. The van der Waals surface area contributed by atoms with E-state index in [2.05, 4.69) is 11.4 Å². The number of carbonyl (C=O) groups is 1. The minimum Gasteiger partial charge on any atom is -0.320 e. The lowest BCUT2D eigenvalue weighted by atomic mass is 10.1. The molecule has 1 heterocycles. The number of rotatable bonds is 1. The fourth-order valence-electron chi connectivity index (χ4n) is 1.95. The first kappa shape index (κ1) is 12.9. The maximum Gasteiger partial charge on any atom is 0.255 e. The first-order valence-electron chi connectivity index (χ1n) is 5.81. The van der Waals surface area contributed by atoms with Crippen LogP contribution in [0.2, 0.25) is 5.02 Å². The van der Waals surface area contributed by atoms with E-state index < -0.39 is 6.04 Å². The quantitative estimate of drug-likeness (QED) is 0.837. The van der Waals surface area contributed by atoms with Gasteiger partial charge < -0.3 is 10.2 Å². The maximum absolute atomic E-state index is 12.3. The van der Waals surface area contributed by atoms with E-state index in [1.807, 2.05) is 13.0 Å². The van der Waals surface area contributed by atoms with Crippen molar-refractivity contribution >= 4 is 17.5 Å². The van der Waals surface area contributed by atoms with Gasteiger partial charge in [-0.1, -0.05) is 17.7 Å². The van der Waals surface area contributed by atoms with Crippen molar-refractivity contribution in [1.82, 2.24) is 10.2 Å². The van der Waals surface area contributed by atoms with Gasteiger partial charge in [-0.3, -0.25) is 4.79 Å². The number of hydrogen-bond acceptors (Lipinski definition) is 3. The molecule has 94 valence electrons. The van der Waals surface area contributed by atoms with Gasteiger partial charge in [0.1, 0.15) is 6.04 Å². The molecule has 0 radical (unpaired) electrons. The first-order chi connectivity index (χ1) is 8.63. The van der Waals surface area contributed by atoms with Gasteiger partial charge in [0.25, 0.3) is 5.91 Å². The normalized spacial score (nSPS) is 19.4. The highest BCUT2D eigenvalue weighted by Crippen LogP contribution is 2.19. The average Bonchev–Trinajstić information content (AvgIpc) is 2.41. The number of nitriles is 1. The summed E-state index contributed by atoms with van der Waals surface area (Å²) in [7, 11) is 0. The third kappa shape index (κ3) is 2.47. The van der Waals surface area contributed by atoms with Crippen molar-refractivity contribution in [2.45, 2.75) is 13.0 Å². The Labute approximate surface area is 111 Å². The maximum atomic E-state index is 12.3. The topological polar surface area (TPSA) is 56.1 Å². The third-order valence-corrected chi connectivity index (χ3v) is 3.48. The second kappa shape index (κ2) is 5.38. The number of carbonyl (C=O) groups excluding carboxylic acids is 1. The van der Waals surface area contributed by atoms with Gasteiger partial charge in [-0.15, -0.1) is 0 Å². The van der Waals surface area contributed by atoms with Crippen LogP contribution in [0.15, 0.2) is 18.2 Å². The van der Waals surface area contributed by atoms with E-state index in [1.165, 1.54) is 0 Å². The SMILES string of the molecule is Cc1ccc(C(=O)N2CCNCC2C#N)cc1Cl. The molecule has 0 saturated carbocycles. The Bertz CT molecular complexity index is 509. The van der Waals surface area contributed by atoms with E-state index in [0.29, 0.717) is 30.2 Å². The summed E-state index contributed by atoms with van der Waals surface area (Å²) in [5, 5.41) is 12.7. The summed E-state index contributed by atoms with van der Waals surface area (Å²) in [6.45, 7) is 3.66. The highest BCUT2D eigenvalue weighted by molar-refractivity contribution is 6.31. The van der Waals surface area contributed by atoms with Gasteiger partial charge >= 0.3 is 0 Å². The van der Waals surface area contributed by atoms with E-state index in [1.54, 1.807) is 17.0 Å². The first-order valence-corrected chi connectivity index (χ1v) is 6.18. The molecule has 1 fully saturated rings. The monoisotopic (exact) mass is 263 g/mol. The summed E-state index contributed by atoms with van der Waals surface area (Å²) in [4.78, 5) is 13.9. The smallest absolute Gasteiger partial charge is 0.255 e. The van der Waals surface area contributed by atoms with Gasteiger partial charge in [0.15, 0.2) is 0 Å². The molecule has 5 heteroatoms. The largest absolute Gasteiger partial charge is 0.320 e. The predicted molar refractivity (Wildman–Crippen MR) is 69.5 cm³/mol. The molecular formula is C13H14ClN3O. The number of hydrogen-bond donors (Lipinski definition) is 1. The fraction of sp³-hybridized carbons (Fsp3) is 0.385. The Morgan fingerprint density at radius 2 is 2.39 bits per heavy atom. The summed E-state index contributed by atoms with van der Waals surface area (Å²) in [6.07, 6.45) is 0. The van der Waals surface area contributed by atoms with Crippen LogP contribution in [0.1, 0.15) is 15.9 Å². The lowest BCUT2D eigenvalue weighted by Crippen LogP contribution is -2.53. The predicted octanol–water partition coefficient (Wildman–Crippen LogP) is 1.59. The lowest BCUT2D eigenvalue weighted by Gasteiger charge is -2.32. The molecule has 18 heavy (non-hydrogen) atoms. The zero-order valence-corrected chi connectivity index (χ0v) is 10.9. The molecule has 4 nitrogen and oxygen atoms in total. The van der Waals surface area contributed by atoms with Crippen molar-refractivity contribution in [3.63, 3.8) is 0 Å². The molecule has 1 aromatic carbocycles. The van der Waals surface area contributed by atoms with Crippen molar-refractivity contribution < 1.29 is 4.79 Å². The van der Waals surface area contributed by atoms with Gasteiger partial charge in [-0.25, -0.2) is 0 Å². The minimum atomic E-state index is -0.411. The second-order valence-corrected chi connectivity index (χ2v) is 4.72. The summed E-state index contributed by atoms with van der Waals surface area (Å²) in [5.74, 6) is -0.134. The fourth-order valence-corrected chi connectivity index (χ4v) is 2.13. The number of piperazine rings is 1. The Hall–Kier alpha value is -1.57. The van der Waals surface area contributed by atoms with Crippen molar-refractivity contribution in [3.05, 3.63) is 34.3 Å².